The molecule has 0 bridgehead atoms. The average molecular weight is 356 g/mol. The third-order valence-corrected chi connectivity index (χ3v) is 4.43. The summed E-state index contributed by atoms with van der Waals surface area (Å²) in [5.74, 6) is 0.393. The molecule has 0 fully saturated rings. The first-order chi connectivity index (χ1) is 13.1. The van der Waals surface area contributed by atoms with Crippen LogP contribution in [-0.4, -0.2) is 9.78 Å². The Morgan fingerprint density at radius 1 is 1.04 bits per heavy atom. The van der Waals surface area contributed by atoms with E-state index in [1.807, 2.05) is 55.5 Å². The van der Waals surface area contributed by atoms with Crippen LogP contribution in [0.4, 0.5) is 10.2 Å². The molecule has 4 rings (SSSR count). The van der Waals surface area contributed by atoms with Crippen LogP contribution in [0.5, 0.6) is 0 Å². The van der Waals surface area contributed by atoms with Gasteiger partial charge in [0.1, 0.15) is 17.3 Å². The predicted octanol–water partition coefficient (Wildman–Crippen LogP) is 4.96. The van der Waals surface area contributed by atoms with Crippen LogP contribution in [0.25, 0.3) is 16.5 Å². The van der Waals surface area contributed by atoms with Gasteiger partial charge in [-0.15, -0.1) is 0 Å². The molecular weight excluding hydrogens is 339 g/mol. The molecule has 0 aliphatic heterocycles. The van der Waals surface area contributed by atoms with Crippen molar-refractivity contribution < 1.29 is 4.39 Å². The number of halogens is 1. The van der Waals surface area contributed by atoms with Crippen molar-refractivity contribution in [2.75, 3.05) is 5.32 Å². The lowest BCUT2D eigenvalue weighted by atomic mass is 10.1. The summed E-state index contributed by atoms with van der Waals surface area (Å²) in [5.41, 5.74) is 2.85. The van der Waals surface area contributed by atoms with Gasteiger partial charge in [-0.05, 0) is 47.5 Å². The molecule has 132 valence electrons. The van der Waals surface area contributed by atoms with E-state index < -0.39 is 0 Å². The molecule has 27 heavy (non-hydrogen) atoms. The quantitative estimate of drug-likeness (QED) is 0.562. The fraction of sp³-hybridized carbons (Fsp3) is 0.0909. The highest BCUT2D eigenvalue weighted by atomic mass is 19.1. The Bertz CT molecular complexity index is 1150. The number of hydrogen-bond donors (Lipinski definition) is 1. The third kappa shape index (κ3) is 3.38. The van der Waals surface area contributed by atoms with Crippen molar-refractivity contribution in [1.29, 1.82) is 5.26 Å². The number of fused-ring (bicyclic) bond motifs is 1. The van der Waals surface area contributed by atoms with E-state index in [1.165, 1.54) is 6.07 Å². The lowest BCUT2D eigenvalue weighted by Gasteiger charge is -2.12. The zero-order valence-electron chi connectivity index (χ0n) is 14.8. The van der Waals surface area contributed by atoms with Gasteiger partial charge in [-0.3, -0.25) is 0 Å². The summed E-state index contributed by atoms with van der Waals surface area (Å²) in [6, 6.07) is 22.4. The Morgan fingerprint density at radius 2 is 1.74 bits per heavy atom. The molecule has 1 aromatic heterocycles. The smallest absolute Gasteiger partial charge is 0.149 e. The lowest BCUT2D eigenvalue weighted by molar-refractivity contribution is 0.613. The largest absolute Gasteiger partial charge is 0.366 e. The first-order valence-corrected chi connectivity index (χ1v) is 8.62. The Balaban J connectivity index is 1.66. The van der Waals surface area contributed by atoms with Crippen molar-refractivity contribution in [3.05, 3.63) is 89.4 Å². The molecule has 0 saturated carbocycles. The number of nitrogens with zero attached hydrogens (tertiary/aromatic N) is 3. The van der Waals surface area contributed by atoms with E-state index in [0.717, 1.165) is 22.0 Å². The molecule has 0 radical (unpaired) electrons. The fourth-order valence-electron chi connectivity index (χ4n) is 3.06. The van der Waals surface area contributed by atoms with Crippen LogP contribution >= 0.6 is 0 Å². The van der Waals surface area contributed by atoms with Gasteiger partial charge < -0.3 is 5.32 Å². The van der Waals surface area contributed by atoms with Gasteiger partial charge in [-0.1, -0.05) is 36.4 Å². The minimum atomic E-state index is -0.321. The molecule has 1 heterocycles. The topological polar surface area (TPSA) is 53.6 Å². The van der Waals surface area contributed by atoms with Gasteiger partial charge in [-0.2, -0.15) is 10.4 Å². The summed E-state index contributed by atoms with van der Waals surface area (Å²) in [7, 11) is 0. The van der Waals surface area contributed by atoms with Gasteiger partial charge in [0.05, 0.1) is 17.3 Å². The number of nitrogens with one attached hydrogen (secondary N) is 1. The van der Waals surface area contributed by atoms with Crippen LogP contribution in [0, 0.1) is 24.1 Å². The van der Waals surface area contributed by atoms with E-state index >= 15 is 0 Å². The summed E-state index contributed by atoms with van der Waals surface area (Å²) in [6.45, 7) is 2.42. The molecule has 0 aliphatic carbocycles. The Kier molecular flexibility index (Phi) is 4.31. The van der Waals surface area contributed by atoms with Gasteiger partial charge in [0.25, 0.3) is 0 Å². The van der Waals surface area contributed by atoms with Crippen LogP contribution in [0.15, 0.2) is 66.7 Å². The molecule has 0 spiro atoms. The van der Waals surface area contributed by atoms with E-state index in [4.69, 9.17) is 5.26 Å². The van der Waals surface area contributed by atoms with Crippen molar-refractivity contribution in [2.45, 2.75) is 13.5 Å². The SMILES string of the molecule is Cc1cc(NCc2ccc(C#N)cc2)n(-c2cc3ccccc3cc2F)n1. The number of anilines is 1. The van der Waals surface area contributed by atoms with E-state index in [9.17, 15) is 4.39 Å². The summed E-state index contributed by atoms with van der Waals surface area (Å²) >= 11 is 0. The minimum absolute atomic E-state index is 0.321. The average Bonchev–Trinajstić information content (AvgIpc) is 3.06. The van der Waals surface area contributed by atoms with Gasteiger partial charge in [0.2, 0.25) is 0 Å². The monoisotopic (exact) mass is 356 g/mol. The molecule has 4 nitrogen and oxygen atoms in total. The van der Waals surface area contributed by atoms with Crippen LogP contribution in [0.3, 0.4) is 0 Å². The second-order valence-corrected chi connectivity index (χ2v) is 6.40. The molecule has 5 heteroatoms. The van der Waals surface area contributed by atoms with Crippen molar-refractivity contribution in [3.8, 4) is 11.8 Å². The Hall–Kier alpha value is -3.65. The molecule has 0 saturated heterocycles. The molecule has 1 N–H and O–H groups in total. The summed E-state index contributed by atoms with van der Waals surface area (Å²) < 4.78 is 16.3. The van der Waals surface area contributed by atoms with E-state index in [-0.39, 0.29) is 5.82 Å². The first kappa shape index (κ1) is 16.8. The van der Waals surface area contributed by atoms with E-state index in [1.54, 1.807) is 16.8 Å². The zero-order valence-corrected chi connectivity index (χ0v) is 14.8. The van der Waals surface area contributed by atoms with Crippen molar-refractivity contribution in [1.82, 2.24) is 9.78 Å². The zero-order chi connectivity index (χ0) is 18.8. The maximum absolute atomic E-state index is 14.7. The second-order valence-electron chi connectivity index (χ2n) is 6.40. The summed E-state index contributed by atoms with van der Waals surface area (Å²) in [4.78, 5) is 0. The molecule has 3 aromatic carbocycles. The highest BCUT2D eigenvalue weighted by molar-refractivity contribution is 5.84. The van der Waals surface area contributed by atoms with Crippen LogP contribution < -0.4 is 5.32 Å². The highest BCUT2D eigenvalue weighted by Gasteiger charge is 2.13. The normalized spacial score (nSPS) is 10.7. The Morgan fingerprint density at radius 3 is 2.44 bits per heavy atom. The maximum atomic E-state index is 14.7. The van der Waals surface area contributed by atoms with E-state index in [0.29, 0.717) is 23.6 Å². The number of aryl methyl sites for hydroxylation is 1. The molecule has 0 unspecified atom stereocenters. The molecule has 4 aromatic rings. The van der Waals surface area contributed by atoms with Gasteiger partial charge in [-0.25, -0.2) is 9.07 Å². The summed E-state index contributed by atoms with van der Waals surface area (Å²) in [6.07, 6.45) is 0. The van der Waals surface area contributed by atoms with Gasteiger partial charge in [0.15, 0.2) is 0 Å². The lowest BCUT2D eigenvalue weighted by Crippen LogP contribution is -2.08. The molecule has 0 aliphatic rings. The van der Waals surface area contributed by atoms with Crippen LogP contribution in [-0.2, 0) is 6.54 Å². The fourth-order valence-corrected chi connectivity index (χ4v) is 3.06. The van der Waals surface area contributed by atoms with E-state index in [2.05, 4.69) is 16.5 Å². The summed E-state index contributed by atoms with van der Waals surface area (Å²) in [5, 5.41) is 18.5. The third-order valence-electron chi connectivity index (χ3n) is 4.43. The number of nitriles is 1. The molecule has 0 amide bonds. The van der Waals surface area contributed by atoms with Gasteiger partial charge in [0, 0.05) is 12.6 Å². The van der Waals surface area contributed by atoms with Gasteiger partial charge >= 0.3 is 0 Å². The minimum Gasteiger partial charge on any atom is -0.366 e. The highest BCUT2D eigenvalue weighted by Crippen LogP contribution is 2.25. The maximum Gasteiger partial charge on any atom is 0.149 e. The first-order valence-electron chi connectivity index (χ1n) is 8.62. The molecular formula is C22H17FN4. The van der Waals surface area contributed by atoms with Crippen molar-refractivity contribution in [3.63, 3.8) is 0 Å². The number of hydrogen-bond acceptors (Lipinski definition) is 3. The predicted molar refractivity (Wildman–Crippen MR) is 104 cm³/mol. The van der Waals surface area contributed by atoms with Crippen LogP contribution in [0.1, 0.15) is 16.8 Å². The number of rotatable bonds is 4. The molecule has 0 atom stereocenters. The Labute approximate surface area is 156 Å². The number of benzene rings is 3. The van der Waals surface area contributed by atoms with Crippen molar-refractivity contribution in [2.24, 2.45) is 0 Å². The number of aromatic nitrogens is 2. The van der Waals surface area contributed by atoms with Crippen LogP contribution in [0.2, 0.25) is 0 Å². The van der Waals surface area contributed by atoms with Crippen molar-refractivity contribution >= 4 is 16.6 Å². The second kappa shape index (κ2) is 6.93. The standard InChI is InChI=1S/C22H17FN4/c1-15-10-22(25-14-17-8-6-16(13-24)7-9-17)27(26-15)21-12-19-5-3-2-4-18(19)11-20(21)23/h2-12,25H,14H2,1H3.